The molecule has 0 aromatic carbocycles. The van der Waals surface area contributed by atoms with E-state index in [-0.39, 0.29) is 0 Å². The van der Waals surface area contributed by atoms with E-state index in [2.05, 4.69) is 29.3 Å². The molecule has 0 bridgehead atoms. The molecule has 0 atom stereocenters. The molecule has 68 valence electrons. The number of nitrogens with zero attached hydrogens (tertiary/aromatic N) is 2. The molecule has 0 aliphatic rings. The minimum absolute atomic E-state index is 0.365. The first-order chi connectivity index (χ1) is 6.16. The SMILES string of the molecule is Cc1cc(-c2nc(N)ns2)sc1C. The standard InChI is InChI=1S/C8H9N3S2/c1-4-3-6(12-5(4)2)7-10-8(9)11-13-7/h3H,1-2H3,(H2,9,11). The van der Waals surface area contributed by atoms with E-state index >= 15 is 0 Å². The molecule has 5 heteroatoms. The van der Waals surface area contributed by atoms with Crippen LogP contribution in [0.1, 0.15) is 10.4 Å². The second kappa shape index (κ2) is 3.08. The van der Waals surface area contributed by atoms with Crippen molar-refractivity contribution in [2.24, 2.45) is 0 Å². The molecular formula is C8H9N3S2. The van der Waals surface area contributed by atoms with Crippen LogP contribution in [0, 0.1) is 13.8 Å². The number of hydrogen-bond donors (Lipinski definition) is 1. The zero-order valence-electron chi connectivity index (χ0n) is 7.37. The van der Waals surface area contributed by atoms with Crippen LogP contribution in [-0.2, 0) is 0 Å². The zero-order chi connectivity index (χ0) is 9.42. The Morgan fingerprint density at radius 3 is 2.62 bits per heavy atom. The van der Waals surface area contributed by atoms with Gasteiger partial charge in [0.05, 0.1) is 4.88 Å². The van der Waals surface area contributed by atoms with Crippen LogP contribution in [0.4, 0.5) is 5.95 Å². The molecule has 0 saturated heterocycles. The number of nitrogens with two attached hydrogens (primary N) is 1. The largest absolute Gasteiger partial charge is 0.367 e. The van der Waals surface area contributed by atoms with Gasteiger partial charge in [-0.1, -0.05) is 0 Å². The molecule has 3 nitrogen and oxygen atoms in total. The Balaban J connectivity index is 2.46. The molecule has 2 rings (SSSR count). The molecule has 0 aliphatic carbocycles. The third-order valence-corrected chi connectivity index (χ3v) is 3.87. The van der Waals surface area contributed by atoms with Crippen LogP contribution in [0.25, 0.3) is 9.88 Å². The molecule has 0 radical (unpaired) electrons. The second-order valence-corrected chi connectivity index (χ2v) is 4.82. The number of thiophene rings is 1. The van der Waals surface area contributed by atoms with Crippen LogP contribution in [0.2, 0.25) is 0 Å². The van der Waals surface area contributed by atoms with E-state index in [0.29, 0.717) is 5.95 Å². The van der Waals surface area contributed by atoms with Crippen molar-refractivity contribution >= 4 is 28.8 Å². The van der Waals surface area contributed by atoms with Crippen molar-refractivity contribution in [3.63, 3.8) is 0 Å². The predicted octanol–water partition coefficient (Wildman–Crippen LogP) is 2.47. The third-order valence-electron chi connectivity index (χ3n) is 1.82. The molecule has 0 unspecified atom stereocenters. The van der Waals surface area contributed by atoms with Crippen LogP contribution in [0.15, 0.2) is 6.07 Å². The van der Waals surface area contributed by atoms with Gasteiger partial charge < -0.3 is 5.73 Å². The van der Waals surface area contributed by atoms with Crippen LogP contribution < -0.4 is 5.73 Å². The number of anilines is 1. The first-order valence-corrected chi connectivity index (χ1v) is 5.42. The lowest BCUT2D eigenvalue weighted by Crippen LogP contribution is -1.84. The van der Waals surface area contributed by atoms with E-state index in [1.54, 1.807) is 11.3 Å². The maximum absolute atomic E-state index is 5.45. The van der Waals surface area contributed by atoms with Crippen LogP contribution in [-0.4, -0.2) is 9.36 Å². The minimum Gasteiger partial charge on any atom is -0.367 e. The maximum atomic E-state index is 5.45. The molecule has 13 heavy (non-hydrogen) atoms. The van der Waals surface area contributed by atoms with Gasteiger partial charge in [0.1, 0.15) is 0 Å². The van der Waals surface area contributed by atoms with Crippen molar-refractivity contribution in [3.05, 3.63) is 16.5 Å². The monoisotopic (exact) mass is 211 g/mol. The average Bonchev–Trinajstić information content (AvgIpc) is 2.61. The number of aromatic nitrogens is 2. The van der Waals surface area contributed by atoms with E-state index in [9.17, 15) is 0 Å². The Kier molecular flexibility index (Phi) is 2.05. The molecule has 0 aliphatic heterocycles. The van der Waals surface area contributed by atoms with Crippen LogP contribution >= 0.6 is 22.9 Å². The Labute approximate surface area is 84.4 Å². The molecule has 0 saturated carbocycles. The van der Waals surface area contributed by atoms with E-state index in [0.717, 1.165) is 9.88 Å². The van der Waals surface area contributed by atoms with Crippen LogP contribution in [0.5, 0.6) is 0 Å². The van der Waals surface area contributed by atoms with Gasteiger partial charge in [0, 0.05) is 4.88 Å². The molecule has 2 N–H and O–H groups in total. The molecule has 2 aromatic heterocycles. The Bertz CT molecular complexity index is 411. The lowest BCUT2D eigenvalue weighted by atomic mass is 10.3. The molecule has 0 fully saturated rings. The highest BCUT2D eigenvalue weighted by atomic mass is 32.1. The smallest absolute Gasteiger partial charge is 0.232 e. The molecule has 2 aromatic rings. The molecule has 0 amide bonds. The summed E-state index contributed by atoms with van der Waals surface area (Å²) in [7, 11) is 0. The van der Waals surface area contributed by atoms with Crippen LogP contribution in [0.3, 0.4) is 0 Å². The van der Waals surface area contributed by atoms with Crippen molar-refractivity contribution < 1.29 is 0 Å². The highest BCUT2D eigenvalue weighted by molar-refractivity contribution is 7.19. The zero-order valence-corrected chi connectivity index (χ0v) is 9.00. The summed E-state index contributed by atoms with van der Waals surface area (Å²) in [5, 5.41) is 0.915. The number of rotatable bonds is 1. The lowest BCUT2D eigenvalue weighted by Gasteiger charge is -1.83. The maximum Gasteiger partial charge on any atom is 0.232 e. The Hall–Kier alpha value is -0.940. The van der Waals surface area contributed by atoms with E-state index in [4.69, 9.17) is 5.73 Å². The highest BCUT2D eigenvalue weighted by Crippen LogP contribution is 2.31. The number of nitrogen functional groups attached to an aromatic ring is 1. The fourth-order valence-corrected chi connectivity index (χ4v) is 2.67. The van der Waals surface area contributed by atoms with Gasteiger partial charge in [-0.2, -0.15) is 9.36 Å². The number of hydrogen-bond acceptors (Lipinski definition) is 5. The summed E-state index contributed by atoms with van der Waals surface area (Å²) < 4.78 is 3.95. The number of aryl methyl sites for hydroxylation is 2. The normalized spacial score (nSPS) is 10.6. The fourth-order valence-electron chi connectivity index (χ4n) is 1.01. The van der Waals surface area contributed by atoms with Gasteiger partial charge in [0.2, 0.25) is 5.95 Å². The van der Waals surface area contributed by atoms with Gasteiger partial charge in [-0.15, -0.1) is 11.3 Å². The summed E-state index contributed by atoms with van der Waals surface area (Å²) in [6.45, 7) is 4.20. The summed E-state index contributed by atoms with van der Waals surface area (Å²) in [5.74, 6) is 0.365. The van der Waals surface area contributed by atoms with Crippen molar-refractivity contribution in [2.45, 2.75) is 13.8 Å². The Morgan fingerprint density at radius 1 is 1.38 bits per heavy atom. The quantitative estimate of drug-likeness (QED) is 0.788. The van der Waals surface area contributed by atoms with Crippen molar-refractivity contribution in [1.82, 2.24) is 9.36 Å². The molecule has 2 heterocycles. The third kappa shape index (κ3) is 1.57. The highest BCUT2D eigenvalue weighted by Gasteiger charge is 2.08. The fraction of sp³-hybridized carbons (Fsp3) is 0.250. The van der Waals surface area contributed by atoms with Crippen molar-refractivity contribution in [1.29, 1.82) is 0 Å². The van der Waals surface area contributed by atoms with Gasteiger partial charge >= 0.3 is 0 Å². The average molecular weight is 211 g/mol. The summed E-state index contributed by atoms with van der Waals surface area (Å²) in [4.78, 5) is 6.61. The van der Waals surface area contributed by atoms with Gasteiger partial charge in [-0.25, -0.2) is 0 Å². The van der Waals surface area contributed by atoms with E-state index in [1.165, 1.54) is 22.0 Å². The first-order valence-electron chi connectivity index (χ1n) is 3.83. The van der Waals surface area contributed by atoms with E-state index < -0.39 is 0 Å². The van der Waals surface area contributed by atoms with Gasteiger partial charge in [0.25, 0.3) is 0 Å². The second-order valence-electron chi connectivity index (χ2n) is 2.81. The van der Waals surface area contributed by atoms with Gasteiger partial charge in [0.15, 0.2) is 5.01 Å². The van der Waals surface area contributed by atoms with Crippen molar-refractivity contribution in [3.8, 4) is 9.88 Å². The summed E-state index contributed by atoms with van der Waals surface area (Å²) in [6.07, 6.45) is 0. The van der Waals surface area contributed by atoms with E-state index in [1.807, 2.05) is 0 Å². The first kappa shape index (κ1) is 8.65. The predicted molar refractivity (Wildman–Crippen MR) is 57.1 cm³/mol. The van der Waals surface area contributed by atoms with Gasteiger partial charge in [-0.05, 0) is 37.0 Å². The molecular weight excluding hydrogens is 202 g/mol. The minimum atomic E-state index is 0.365. The summed E-state index contributed by atoms with van der Waals surface area (Å²) in [5.41, 5.74) is 6.75. The Morgan fingerprint density at radius 2 is 2.15 bits per heavy atom. The lowest BCUT2D eigenvalue weighted by molar-refractivity contribution is 1.34. The van der Waals surface area contributed by atoms with Gasteiger partial charge in [-0.3, -0.25) is 0 Å². The van der Waals surface area contributed by atoms with Crippen molar-refractivity contribution in [2.75, 3.05) is 5.73 Å². The summed E-state index contributed by atoms with van der Waals surface area (Å²) >= 11 is 3.08. The summed E-state index contributed by atoms with van der Waals surface area (Å²) in [6, 6.07) is 2.12. The molecule has 0 spiro atoms. The topological polar surface area (TPSA) is 51.8 Å².